The van der Waals surface area contributed by atoms with Gasteiger partial charge < -0.3 is 19.7 Å². The number of hydrogen-bond acceptors (Lipinski definition) is 7. The molecule has 1 N–H and O–H groups in total. The van der Waals surface area contributed by atoms with Crippen molar-refractivity contribution in [1.82, 2.24) is 9.88 Å². The molecule has 1 aromatic carbocycles. The lowest BCUT2D eigenvalue weighted by molar-refractivity contribution is -0.116. The lowest BCUT2D eigenvalue weighted by Crippen LogP contribution is -2.33. The minimum Gasteiger partial charge on any atom is -0.486 e. The molecule has 0 bridgehead atoms. The summed E-state index contributed by atoms with van der Waals surface area (Å²) in [4.78, 5) is 22.7. The summed E-state index contributed by atoms with van der Waals surface area (Å²) in [7, 11) is 4.05. The zero-order valence-corrected chi connectivity index (χ0v) is 18.5. The van der Waals surface area contributed by atoms with E-state index in [1.807, 2.05) is 38.5 Å². The van der Waals surface area contributed by atoms with E-state index in [0.29, 0.717) is 31.3 Å². The maximum atomic E-state index is 12.4. The Bertz CT molecular complexity index is 862. The average molecular weight is 431 g/mol. The number of nitrogens with zero attached hydrogens (tertiary/aromatic N) is 3. The summed E-state index contributed by atoms with van der Waals surface area (Å²) in [6.07, 6.45) is 5.79. The highest BCUT2D eigenvalue weighted by Crippen LogP contribution is 2.33. The number of carbonyl (C=O) groups is 1. The van der Waals surface area contributed by atoms with Gasteiger partial charge in [0.1, 0.15) is 13.2 Å². The Kier molecular flexibility index (Phi) is 6.74. The molecule has 2 aliphatic rings. The summed E-state index contributed by atoms with van der Waals surface area (Å²) in [6.45, 7) is 4.26. The van der Waals surface area contributed by atoms with Gasteiger partial charge in [-0.15, -0.1) is 11.3 Å². The first-order valence-electron chi connectivity index (χ1n) is 10.6. The van der Waals surface area contributed by atoms with Crippen LogP contribution in [-0.4, -0.2) is 56.2 Å². The molecule has 1 aromatic heterocycles. The van der Waals surface area contributed by atoms with Crippen LogP contribution in [0.4, 0.5) is 10.8 Å². The van der Waals surface area contributed by atoms with E-state index in [9.17, 15) is 4.79 Å². The molecule has 162 valence electrons. The van der Waals surface area contributed by atoms with E-state index < -0.39 is 0 Å². The van der Waals surface area contributed by atoms with Gasteiger partial charge in [0.15, 0.2) is 16.6 Å². The number of piperidine rings is 1. The molecule has 2 aliphatic heterocycles. The van der Waals surface area contributed by atoms with Crippen LogP contribution >= 0.6 is 11.3 Å². The molecule has 0 aliphatic carbocycles. The molecule has 0 saturated carbocycles. The first-order chi connectivity index (χ1) is 14.6. The number of benzene rings is 1. The first-order valence-corrected chi connectivity index (χ1v) is 11.4. The maximum absolute atomic E-state index is 12.4. The molecule has 0 atom stereocenters. The molecule has 0 spiro atoms. The van der Waals surface area contributed by atoms with Gasteiger partial charge in [0, 0.05) is 49.9 Å². The number of anilines is 2. The molecule has 1 amide bonds. The highest BCUT2D eigenvalue weighted by molar-refractivity contribution is 7.15. The fourth-order valence-electron chi connectivity index (χ4n) is 3.91. The van der Waals surface area contributed by atoms with Crippen LogP contribution in [0, 0.1) is 5.92 Å². The van der Waals surface area contributed by atoms with Crippen molar-refractivity contribution in [3.8, 4) is 11.5 Å². The summed E-state index contributed by atoms with van der Waals surface area (Å²) >= 11 is 1.76. The van der Waals surface area contributed by atoms with Gasteiger partial charge in [0.2, 0.25) is 5.91 Å². The van der Waals surface area contributed by atoms with Crippen LogP contribution in [0.15, 0.2) is 24.4 Å². The SMILES string of the molecule is CN(C)c1ncc(CN2CCC(CCC(=O)Nc3ccc4c(c3)OCCO4)CC2)s1. The fraction of sp³-hybridized carbons (Fsp3) is 0.545. The van der Waals surface area contributed by atoms with Gasteiger partial charge in [-0.1, -0.05) is 0 Å². The molecular formula is C22H30N4O3S. The van der Waals surface area contributed by atoms with Crippen molar-refractivity contribution in [2.45, 2.75) is 32.2 Å². The van der Waals surface area contributed by atoms with Crippen LogP contribution < -0.4 is 19.7 Å². The van der Waals surface area contributed by atoms with Crippen molar-refractivity contribution in [3.63, 3.8) is 0 Å². The Morgan fingerprint density at radius 1 is 1.23 bits per heavy atom. The Morgan fingerprint density at radius 3 is 2.73 bits per heavy atom. The number of likely N-dealkylation sites (tertiary alicyclic amines) is 1. The lowest BCUT2D eigenvalue weighted by atomic mass is 9.92. The van der Waals surface area contributed by atoms with Crippen molar-refractivity contribution < 1.29 is 14.3 Å². The van der Waals surface area contributed by atoms with Crippen LogP contribution in [0.5, 0.6) is 11.5 Å². The van der Waals surface area contributed by atoms with Crippen molar-refractivity contribution in [2.75, 3.05) is 50.6 Å². The normalized spacial score (nSPS) is 17.0. The van der Waals surface area contributed by atoms with E-state index in [0.717, 1.165) is 55.5 Å². The van der Waals surface area contributed by atoms with Crippen molar-refractivity contribution in [2.24, 2.45) is 5.92 Å². The number of carbonyl (C=O) groups excluding carboxylic acids is 1. The second kappa shape index (κ2) is 9.66. The van der Waals surface area contributed by atoms with E-state index in [4.69, 9.17) is 9.47 Å². The summed E-state index contributed by atoms with van der Waals surface area (Å²) in [5, 5.41) is 4.05. The summed E-state index contributed by atoms with van der Waals surface area (Å²) in [6, 6.07) is 5.56. The van der Waals surface area contributed by atoms with Gasteiger partial charge in [-0.2, -0.15) is 0 Å². The minimum atomic E-state index is 0.0648. The minimum absolute atomic E-state index is 0.0648. The molecule has 30 heavy (non-hydrogen) atoms. The number of amides is 1. The molecule has 7 nitrogen and oxygen atoms in total. The second-order valence-corrected chi connectivity index (χ2v) is 9.26. The molecule has 4 rings (SSSR count). The predicted molar refractivity (Wildman–Crippen MR) is 120 cm³/mol. The smallest absolute Gasteiger partial charge is 0.224 e. The highest BCUT2D eigenvalue weighted by atomic mass is 32.1. The molecule has 2 aromatic rings. The standard InChI is InChI=1S/C22H30N4O3S/c1-25(2)22-23-14-18(30-22)15-26-9-7-16(8-10-26)3-6-21(27)24-17-4-5-19-20(13-17)29-12-11-28-19/h4-5,13-14,16H,3,6-12,15H2,1-2H3,(H,24,27). The lowest BCUT2D eigenvalue weighted by Gasteiger charge is -2.31. The van der Waals surface area contributed by atoms with E-state index >= 15 is 0 Å². The average Bonchev–Trinajstić information content (AvgIpc) is 3.22. The molecular weight excluding hydrogens is 400 g/mol. The topological polar surface area (TPSA) is 66.9 Å². The maximum Gasteiger partial charge on any atom is 0.224 e. The van der Waals surface area contributed by atoms with Gasteiger partial charge >= 0.3 is 0 Å². The van der Waals surface area contributed by atoms with Crippen LogP contribution in [0.1, 0.15) is 30.6 Å². The van der Waals surface area contributed by atoms with Crippen LogP contribution in [0.2, 0.25) is 0 Å². The molecule has 0 radical (unpaired) electrons. The van der Waals surface area contributed by atoms with Gasteiger partial charge in [-0.25, -0.2) is 4.98 Å². The molecule has 1 fully saturated rings. The number of fused-ring (bicyclic) bond motifs is 1. The number of ether oxygens (including phenoxy) is 2. The van der Waals surface area contributed by atoms with Crippen LogP contribution in [0.25, 0.3) is 0 Å². The Balaban J connectivity index is 1.17. The Morgan fingerprint density at radius 2 is 2.00 bits per heavy atom. The first kappa shape index (κ1) is 20.9. The second-order valence-electron chi connectivity index (χ2n) is 8.17. The zero-order valence-electron chi connectivity index (χ0n) is 17.7. The van der Waals surface area contributed by atoms with Crippen LogP contribution in [0.3, 0.4) is 0 Å². The molecule has 3 heterocycles. The zero-order chi connectivity index (χ0) is 20.9. The summed E-state index contributed by atoms with van der Waals surface area (Å²) in [5.41, 5.74) is 0.765. The number of hydrogen-bond donors (Lipinski definition) is 1. The van der Waals surface area contributed by atoms with Crippen LogP contribution in [-0.2, 0) is 11.3 Å². The number of nitrogens with one attached hydrogen (secondary N) is 1. The highest BCUT2D eigenvalue weighted by Gasteiger charge is 2.21. The predicted octanol–water partition coefficient (Wildman–Crippen LogP) is 3.61. The van der Waals surface area contributed by atoms with E-state index in [1.54, 1.807) is 11.3 Å². The third-order valence-corrected chi connectivity index (χ3v) is 6.77. The summed E-state index contributed by atoms with van der Waals surface area (Å²) in [5.74, 6) is 2.12. The number of rotatable bonds is 7. The fourth-order valence-corrected chi connectivity index (χ4v) is 4.79. The van der Waals surface area contributed by atoms with Crippen molar-refractivity contribution in [1.29, 1.82) is 0 Å². The van der Waals surface area contributed by atoms with Gasteiger partial charge in [0.05, 0.1) is 0 Å². The quantitative estimate of drug-likeness (QED) is 0.724. The van der Waals surface area contributed by atoms with Crippen molar-refractivity contribution in [3.05, 3.63) is 29.3 Å². The Labute approximate surface area is 182 Å². The van der Waals surface area contributed by atoms with Gasteiger partial charge in [0.25, 0.3) is 0 Å². The van der Waals surface area contributed by atoms with Crippen molar-refractivity contribution >= 4 is 28.1 Å². The summed E-state index contributed by atoms with van der Waals surface area (Å²) < 4.78 is 11.1. The van der Waals surface area contributed by atoms with E-state index in [-0.39, 0.29) is 5.91 Å². The third-order valence-electron chi connectivity index (χ3n) is 5.62. The Hall–Kier alpha value is -2.32. The third kappa shape index (κ3) is 5.43. The van der Waals surface area contributed by atoms with Gasteiger partial charge in [-0.3, -0.25) is 9.69 Å². The van der Waals surface area contributed by atoms with E-state index in [1.165, 1.54) is 4.88 Å². The molecule has 1 saturated heterocycles. The number of aromatic nitrogens is 1. The largest absolute Gasteiger partial charge is 0.486 e. The molecule has 8 heteroatoms. The van der Waals surface area contributed by atoms with E-state index in [2.05, 4.69) is 20.1 Å². The number of thiazole rings is 1. The monoisotopic (exact) mass is 430 g/mol. The molecule has 0 unspecified atom stereocenters. The van der Waals surface area contributed by atoms with Gasteiger partial charge in [-0.05, 0) is 50.4 Å².